The summed E-state index contributed by atoms with van der Waals surface area (Å²) in [4.78, 5) is 6.99. The van der Waals surface area contributed by atoms with E-state index >= 15 is 0 Å². The fraction of sp³-hybridized carbons (Fsp3) is 0. The molecule has 0 N–H and O–H groups in total. The van der Waals surface area contributed by atoms with E-state index in [0.29, 0.717) is 0 Å². The molecule has 3 aromatic heterocycles. The Morgan fingerprint density at radius 2 is 0.915 bits per heavy atom. The second kappa shape index (κ2) is 10.5. The summed E-state index contributed by atoms with van der Waals surface area (Å²) in [5.74, 6) is 0. The van der Waals surface area contributed by atoms with Gasteiger partial charge in [-0.2, -0.15) is 0 Å². The van der Waals surface area contributed by atoms with Crippen LogP contribution in [0.25, 0.3) is 73.1 Å². The lowest BCUT2D eigenvalue weighted by Crippen LogP contribution is -2.10. The van der Waals surface area contributed by atoms with Crippen molar-refractivity contribution in [1.29, 1.82) is 0 Å². The second-order valence-corrected chi connectivity index (χ2v) is 14.1. The number of thiophene rings is 2. The van der Waals surface area contributed by atoms with Gasteiger partial charge in [-0.25, -0.2) is 0 Å². The molecule has 10 aromatic rings. The third kappa shape index (κ3) is 4.26. The Kier molecular flexibility index (Phi) is 5.95. The van der Waals surface area contributed by atoms with Gasteiger partial charge in [-0.1, -0.05) is 91.0 Å². The third-order valence-corrected chi connectivity index (χ3v) is 11.7. The maximum Gasteiger partial charge on any atom is 0.0701 e. The highest BCUT2D eigenvalue weighted by atomic mass is 32.1. The third-order valence-electron chi connectivity index (χ3n) is 9.29. The van der Waals surface area contributed by atoms with Crippen molar-refractivity contribution >= 4 is 102 Å². The molecule has 0 spiro atoms. The van der Waals surface area contributed by atoms with Gasteiger partial charge in [0, 0.05) is 79.9 Å². The normalized spacial score (nSPS) is 11.8. The summed E-state index contributed by atoms with van der Waals surface area (Å²) in [6.07, 6.45) is 1.85. The van der Waals surface area contributed by atoms with Crippen molar-refractivity contribution in [3.05, 3.63) is 158 Å². The van der Waals surface area contributed by atoms with E-state index in [1.807, 2.05) is 41.0 Å². The topological polar surface area (TPSA) is 16.1 Å². The van der Waals surface area contributed by atoms with Crippen LogP contribution >= 0.6 is 22.7 Å². The Hall–Kier alpha value is -5.55. The molecular formula is C43H26N2S2. The molecule has 10 rings (SSSR count). The fourth-order valence-electron chi connectivity index (χ4n) is 7.02. The van der Waals surface area contributed by atoms with Crippen LogP contribution in [-0.4, -0.2) is 4.98 Å². The average Bonchev–Trinajstić information content (AvgIpc) is 3.72. The van der Waals surface area contributed by atoms with Crippen LogP contribution in [-0.2, 0) is 0 Å². The Labute approximate surface area is 279 Å². The minimum atomic E-state index is 0.973. The van der Waals surface area contributed by atoms with Crippen LogP contribution in [0.3, 0.4) is 0 Å². The summed E-state index contributed by atoms with van der Waals surface area (Å²) in [6, 6.07) is 55.3. The van der Waals surface area contributed by atoms with E-state index in [1.54, 1.807) is 0 Å². The van der Waals surface area contributed by atoms with E-state index < -0.39 is 0 Å². The quantitative estimate of drug-likeness (QED) is 0.191. The number of rotatable bonds is 4. The van der Waals surface area contributed by atoms with Crippen LogP contribution in [0.1, 0.15) is 0 Å². The van der Waals surface area contributed by atoms with E-state index in [9.17, 15) is 0 Å². The van der Waals surface area contributed by atoms with E-state index in [4.69, 9.17) is 0 Å². The minimum absolute atomic E-state index is 0.973. The van der Waals surface area contributed by atoms with E-state index in [0.717, 1.165) is 28.3 Å². The molecule has 0 aliphatic rings. The molecule has 220 valence electrons. The number of pyridine rings is 1. The average molecular weight is 635 g/mol. The number of aromatic nitrogens is 1. The summed E-state index contributed by atoms with van der Waals surface area (Å²) in [5, 5.41) is 10.4. The van der Waals surface area contributed by atoms with Crippen molar-refractivity contribution < 1.29 is 0 Å². The zero-order valence-electron chi connectivity index (χ0n) is 25.2. The lowest BCUT2D eigenvalue weighted by molar-refractivity contribution is 1.29. The molecule has 0 aliphatic carbocycles. The molecule has 0 radical (unpaired) electrons. The van der Waals surface area contributed by atoms with Crippen LogP contribution in [0.5, 0.6) is 0 Å². The molecule has 0 fully saturated rings. The van der Waals surface area contributed by atoms with Crippen molar-refractivity contribution in [2.45, 2.75) is 0 Å². The van der Waals surface area contributed by atoms with Gasteiger partial charge in [0.2, 0.25) is 0 Å². The number of hydrogen-bond acceptors (Lipinski definition) is 4. The van der Waals surface area contributed by atoms with Gasteiger partial charge in [-0.15, -0.1) is 22.7 Å². The van der Waals surface area contributed by atoms with Crippen LogP contribution in [0.2, 0.25) is 0 Å². The number of nitrogens with zero attached hydrogens (tertiary/aromatic N) is 2. The summed E-state index contributed by atoms with van der Waals surface area (Å²) < 4.78 is 5.32. The van der Waals surface area contributed by atoms with Crippen molar-refractivity contribution in [3.63, 3.8) is 0 Å². The number of benzene rings is 7. The van der Waals surface area contributed by atoms with Crippen molar-refractivity contribution in [2.24, 2.45) is 0 Å². The number of fused-ring (bicyclic) bond motifs is 10. The molecule has 3 heterocycles. The molecule has 0 aliphatic heterocycles. The van der Waals surface area contributed by atoms with Gasteiger partial charge in [0.05, 0.1) is 5.69 Å². The lowest BCUT2D eigenvalue weighted by Gasteiger charge is -2.26. The SMILES string of the molecule is c1ccc(-c2ccc(N(c3ccc4ccc5c6ccccc6sc5c4c3)c3ccc4ccc5c6ccccc6sc5c4c3)cc2)nc1. The highest BCUT2D eigenvalue weighted by Gasteiger charge is 2.17. The fourth-order valence-corrected chi connectivity index (χ4v) is 9.48. The monoisotopic (exact) mass is 634 g/mol. The maximum absolute atomic E-state index is 4.59. The zero-order chi connectivity index (χ0) is 30.9. The molecule has 0 bridgehead atoms. The van der Waals surface area contributed by atoms with E-state index in [1.165, 1.54) is 61.9 Å². The Morgan fingerprint density at radius 1 is 0.404 bits per heavy atom. The van der Waals surface area contributed by atoms with Crippen LogP contribution < -0.4 is 4.90 Å². The van der Waals surface area contributed by atoms with Gasteiger partial charge in [-0.05, 0) is 71.4 Å². The standard InChI is InChI=1S/C43H26N2S2/c1-3-10-40-33(7-1)35-22-16-27-12-20-31(25-37(27)42(35)46-40)45(30-18-14-29(15-19-30)39-9-5-6-24-44-39)32-21-13-28-17-23-36-34-8-2-4-11-41(34)47-43(36)38(28)26-32/h1-26H. The molecule has 7 aromatic carbocycles. The summed E-state index contributed by atoms with van der Waals surface area (Å²) >= 11 is 3.77. The molecule has 0 unspecified atom stereocenters. The molecule has 0 amide bonds. The number of hydrogen-bond donors (Lipinski definition) is 0. The van der Waals surface area contributed by atoms with E-state index in [-0.39, 0.29) is 0 Å². The first kappa shape index (κ1) is 26.6. The van der Waals surface area contributed by atoms with Gasteiger partial charge < -0.3 is 4.90 Å². The maximum atomic E-state index is 4.59. The van der Waals surface area contributed by atoms with Crippen molar-refractivity contribution in [2.75, 3.05) is 4.90 Å². The largest absolute Gasteiger partial charge is 0.310 e. The molecule has 2 nitrogen and oxygen atoms in total. The lowest BCUT2D eigenvalue weighted by atomic mass is 10.0. The van der Waals surface area contributed by atoms with Gasteiger partial charge in [0.15, 0.2) is 0 Å². The smallest absolute Gasteiger partial charge is 0.0701 e. The number of anilines is 3. The second-order valence-electron chi connectivity index (χ2n) is 12.0. The minimum Gasteiger partial charge on any atom is -0.310 e. The highest BCUT2D eigenvalue weighted by Crippen LogP contribution is 2.44. The molecule has 0 saturated heterocycles. The molecule has 0 saturated carbocycles. The first-order valence-corrected chi connectivity index (χ1v) is 17.4. The van der Waals surface area contributed by atoms with E-state index in [2.05, 4.69) is 149 Å². The van der Waals surface area contributed by atoms with Gasteiger partial charge in [-0.3, -0.25) is 4.98 Å². The molecule has 4 heteroatoms. The van der Waals surface area contributed by atoms with Crippen LogP contribution in [0.4, 0.5) is 17.1 Å². The first-order valence-electron chi connectivity index (χ1n) is 15.8. The summed E-state index contributed by atoms with van der Waals surface area (Å²) in [5.41, 5.74) is 5.45. The van der Waals surface area contributed by atoms with Gasteiger partial charge in [0.1, 0.15) is 0 Å². The van der Waals surface area contributed by atoms with Crippen molar-refractivity contribution in [1.82, 2.24) is 4.98 Å². The first-order chi connectivity index (χ1) is 23.3. The highest BCUT2D eigenvalue weighted by molar-refractivity contribution is 7.27. The Bertz CT molecular complexity index is 2640. The van der Waals surface area contributed by atoms with Gasteiger partial charge in [0.25, 0.3) is 0 Å². The Morgan fingerprint density at radius 3 is 1.47 bits per heavy atom. The van der Waals surface area contributed by atoms with Crippen molar-refractivity contribution in [3.8, 4) is 11.3 Å². The molecular weight excluding hydrogens is 609 g/mol. The summed E-state index contributed by atoms with van der Waals surface area (Å²) in [6.45, 7) is 0. The van der Waals surface area contributed by atoms with Gasteiger partial charge >= 0.3 is 0 Å². The summed E-state index contributed by atoms with van der Waals surface area (Å²) in [7, 11) is 0. The predicted molar refractivity (Wildman–Crippen MR) is 205 cm³/mol. The Balaban J connectivity index is 1.21. The molecule has 0 atom stereocenters. The molecule has 47 heavy (non-hydrogen) atoms. The van der Waals surface area contributed by atoms with Crippen LogP contribution in [0.15, 0.2) is 158 Å². The predicted octanol–water partition coefficient (Wildman–Crippen LogP) is 13.3. The van der Waals surface area contributed by atoms with Crippen LogP contribution in [0, 0.1) is 0 Å². The zero-order valence-corrected chi connectivity index (χ0v) is 26.9.